The molecule has 2 heterocycles. The summed E-state index contributed by atoms with van der Waals surface area (Å²) in [5.74, 6) is -0.413. The van der Waals surface area contributed by atoms with Gasteiger partial charge in [-0.25, -0.2) is 14.8 Å². The van der Waals surface area contributed by atoms with Gasteiger partial charge in [-0.15, -0.1) is 0 Å². The lowest BCUT2D eigenvalue weighted by Gasteiger charge is -2.15. The number of anilines is 1. The van der Waals surface area contributed by atoms with Crippen molar-refractivity contribution >= 4 is 34.3 Å². The molecule has 134 valence electrons. The molecule has 0 saturated carbocycles. The van der Waals surface area contributed by atoms with Gasteiger partial charge in [0, 0.05) is 28.8 Å². The maximum Gasteiger partial charge on any atom is 0.342 e. The van der Waals surface area contributed by atoms with Gasteiger partial charge in [0.1, 0.15) is 5.56 Å². The van der Waals surface area contributed by atoms with Gasteiger partial charge < -0.3 is 10.1 Å². The average Bonchev–Trinajstić information content (AvgIpc) is 2.58. The maximum absolute atomic E-state index is 12.5. The van der Waals surface area contributed by atoms with E-state index in [0.29, 0.717) is 28.5 Å². The van der Waals surface area contributed by atoms with Crippen LogP contribution in [0, 0.1) is 6.92 Å². The lowest BCUT2D eigenvalue weighted by Crippen LogP contribution is -2.15. The molecule has 0 aliphatic rings. The first-order valence-corrected chi connectivity index (χ1v) is 8.77. The van der Waals surface area contributed by atoms with Crippen LogP contribution in [0.4, 0.5) is 5.69 Å². The molecule has 0 bridgehead atoms. The van der Waals surface area contributed by atoms with Crippen molar-refractivity contribution in [3.63, 3.8) is 0 Å². The van der Waals surface area contributed by atoms with E-state index < -0.39 is 5.97 Å². The van der Waals surface area contributed by atoms with Crippen LogP contribution in [0.15, 0.2) is 42.6 Å². The van der Waals surface area contributed by atoms with Crippen LogP contribution in [0.3, 0.4) is 0 Å². The minimum absolute atomic E-state index is 0.213. The van der Waals surface area contributed by atoms with Crippen molar-refractivity contribution in [3.8, 4) is 0 Å². The molecule has 0 aliphatic heterocycles. The average molecular weight is 370 g/mol. The second kappa shape index (κ2) is 7.70. The molecular weight excluding hydrogens is 350 g/mol. The maximum atomic E-state index is 12.5. The Bertz CT molecular complexity index is 957. The SMILES string of the molecule is Cc1ccc2c(NCc3cccc(Cl)c3)c(C(=O)OC(C)C)cnc2n1. The Hall–Kier alpha value is -2.66. The fraction of sp³-hybridized carbons (Fsp3) is 0.250. The second-order valence-corrected chi connectivity index (χ2v) is 6.74. The normalized spacial score (nSPS) is 11.0. The van der Waals surface area contributed by atoms with Crippen LogP contribution in [-0.2, 0) is 11.3 Å². The van der Waals surface area contributed by atoms with Crippen LogP contribution < -0.4 is 5.32 Å². The minimum atomic E-state index is -0.413. The van der Waals surface area contributed by atoms with Gasteiger partial charge in [0.2, 0.25) is 0 Å². The summed E-state index contributed by atoms with van der Waals surface area (Å²) in [7, 11) is 0. The third-order valence-electron chi connectivity index (χ3n) is 3.79. The number of hydrogen-bond acceptors (Lipinski definition) is 5. The number of nitrogens with one attached hydrogen (secondary N) is 1. The summed E-state index contributed by atoms with van der Waals surface area (Å²) in [6, 6.07) is 11.4. The highest BCUT2D eigenvalue weighted by Gasteiger charge is 2.18. The zero-order valence-electron chi connectivity index (χ0n) is 14.9. The molecule has 0 unspecified atom stereocenters. The van der Waals surface area contributed by atoms with Crippen LogP contribution in [0.5, 0.6) is 0 Å². The minimum Gasteiger partial charge on any atom is -0.459 e. The number of pyridine rings is 2. The van der Waals surface area contributed by atoms with E-state index in [9.17, 15) is 4.79 Å². The van der Waals surface area contributed by atoms with Crippen molar-refractivity contribution in [2.24, 2.45) is 0 Å². The molecule has 0 fully saturated rings. The molecule has 0 atom stereocenters. The number of fused-ring (bicyclic) bond motifs is 1. The van der Waals surface area contributed by atoms with Crippen molar-refractivity contribution < 1.29 is 9.53 Å². The predicted molar refractivity (Wildman–Crippen MR) is 104 cm³/mol. The largest absolute Gasteiger partial charge is 0.459 e. The summed E-state index contributed by atoms with van der Waals surface area (Å²) >= 11 is 6.06. The molecule has 5 nitrogen and oxygen atoms in total. The summed E-state index contributed by atoms with van der Waals surface area (Å²) in [6.07, 6.45) is 1.30. The highest BCUT2D eigenvalue weighted by atomic mass is 35.5. The molecule has 1 aromatic carbocycles. The summed E-state index contributed by atoms with van der Waals surface area (Å²) in [4.78, 5) is 21.3. The van der Waals surface area contributed by atoms with Gasteiger partial charge in [-0.3, -0.25) is 0 Å². The molecule has 3 rings (SSSR count). The first kappa shape index (κ1) is 18.1. The third-order valence-corrected chi connectivity index (χ3v) is 4.03. The molecular formula is C20H20ClN3O2. The predicted octanol–water partition coefficient (Wildman–Crippen LogP) is 4.77. The Labute approximate surface area is 157 Å². The van der Waals surface area contributed by atoms with Crippen LogP contribution in [0.1, 0.15) is 35.5 Å². The Balaban J connectivity index is 2.02. The van der Waals surface area contributed by atoms with Gasteiger partial charge >= 0.3 is 5.97 Å². The van der Waals surface area contributed by atoms with E-state index in [1.807, 2.05) is 57.2 Å². The van der Waals surface area contributed by atoms with E-state index in [2.05, 4.69) is 15.3 Å². The molecule has 0 saturated heterocycles. The summed E-state index contributed by atoms with van der Waals surface area (Å²) in [5.41, 5.74) is 3.50. The number of rotatable bonds is 5. The first-order valence-electron chi connectivity index (χ1n) is 8.39. The van der Waals surface area contributed by atoms with Gasteiger partial charge in [-0.05, 0) is 50.6 Å². The fourth-order valence-corrected chi connectivity index (χ4v) is 2.84. The van der Waals surface area contributed by atoms with Gasteiger partial charge in [0.05, 0.1) is 11.8 Å². The standard InChI is InChI=1S/C20H20ClN3O2/c1-12(2)26-20(25)17-11-23-19-16(8-7-13(3)24-19)18(17)22-10-14-5-4-6-15(21)9-14/h4-9,11-12H,10H2,1-3H3,(H,22,23,24). The van der Waals surface area contributed by atoms with E-state index >= 15 is 0 Å². The highest BCUT2D eigenvalue weighted by Crippen LogP contribution is 2.27. The van der Waals surface area contributed by atoms with Crippen LogP contribution in [0.2, 0.25) is 5.02 Å². The molecule has 0 spiro atoms. The van der Waals surface area contributed by atoms with Gasteiger partial charge in [-0.1, -0.05) is 23.7 Å². The molecule has 6 heteroatoms. The first-order chi connectivity index (χ1) is 12.4. The van der Waals surface area contributed by atoms with Crippen molar-refractivity contribution in [2.75, 3.05) is 5.32 Å². The van der Waals surface area contributed by atoms with E-state index in [1.54, 1.807) is 0 Å². The molecule has 3 aromatic rings. The number of nitrogens with zero attached hydrogens (tertiary/aromatic N) is 2. The fourth-order valence-electron chi connectivity index (χ4n) is 2.63. The number of carbonyl (C=O) groups excluding carboxylic acids is 1. The lowest BCUT2D eigenvalue weighted by atomic mass is 10.1. The van der Waals surface area contributed by atoms with E-state index in [1.165, 1.54) is 6.20 Å². The molecule has 0 aliphatic carbocycles. The second-order valence-electron chi connectivity index (χ2n) is 6.31. The van der Waals surface area contributed by atoms with Crippen LogP contribution >= 0.6 is 11.6 Å². The summed E-state index contributed by atoms with van der Waals surface area (Å²) in [6.45, 7) is 6.04. The Kier molecular flexibility index (Phi) is 5.38. The van der Waals surface area contributed by atoms with Crippen LogP contribution in [0.25, 0.3) is 11.0 Å². The van der Waals surface area contributed by atoms with Gasteiger partial charge in [0.15, 0.2) is 5.65 Å². The molecule has 26 heavy (non-hydrogen) atoms. The number of hydrogen-bond donors (Lipinski definition) is 1. The number of ether oxygens (including phenoxy) is 1. The quantitative estimate of drug-likeness (QED) is 0.656. The summed E-state index contributed by atoms with van der Waals surface area (Å²) in [5, 5.41) is 4.78. The molecule has 1 N–H and O–H groups in total. The number of esters is 1. The van der Waals surface area contributed by atoms with E-state index in [-0.39, 0.29) is 6.10 Å². The highest BCUT2D eigenvalue weighted by molar-refractivity contribution is 6.30. The van der Waals surface area contributed by atoms with E-state index in [0.717, 1.165) is 16.6 Å². The number of aromatic nitrogens is 2. The van der Waals surface area contributed by atoms with Crippen molar-refractivity contribution in [3.05, 3.63) is 64.4 Å². The number of carbonyl (C=O) groups is 1. The Morgan fingerprint density at radius 3 is 2.81 bits per heavy atom. The number of benzene rings is 1. The molecule has 2 aromatic heterocycles. The Morgan fingerprint density at radius 1 is 1.27 bits per heavy atom. The topological polar surface area (TPSA) is 64.1 Å². The van der Waals surface area contributed by atoms with Crippen molar-refractivity contribution in [1.82, 2.24) is 9.97 Å². The van der Waals surface area contributed by atoms with Gasteiger partial charge in [-0.2, -0.15) is 0 Å². The zero-order valence-corrected chi connectivity index (χ0v) is 15.7. The van der Waals surface area contributed by atoms with Gasteiger partial charge in [0.25, 0.3) is 0 Å². The van der Waals surface area contributed by atoms with Crippen LogP contribution in [-0.4, -0.2) is 22.0 Å². The van der Waals surface area contributed by atoms with Crippen molar-refractivity contribution in [1.29, 1.82) is 0 Å². The van der Waals surface area contributed by atoms with E-state index in [4.69, 9.17) is 16.3 Å². The number of aryl methyl sites for hydroxylation is 1. The monoisotopic (exact) mass is 369 g/mol. The number of halogens is 1. The third kappa shape index (κ3) is 4.11. The smallest absolute Gasteiger partial charge is 0.342 e. The molecule has 0 radical (unpaired) electrons. The van der Waals surface area contributed by atoms with Crippen molar-refractivity contribution in [2.45, 2.75) is 33.4 Å². The lowest BCUT2D eigenvalue weighted by molar-refractivity contribution is 0.0379. The zero-order chi connectivity index (χ0) is 18.7. The molecule has 0 amide bonds. The summed E-state index contributed by atoms with van der Waals surface area (Å²) < 4.78 is 5.36. The Morgan fingerprint density at radius 2 is 2.08 bits per heavy atom.